The van der Waals surface area contributed by atoms with Crippen molar-refractivity contribution in [1.29, 1.82) is 0 Å². The van der Waals surface area contributed by atoms with Crippen molar-refractivity contribution in [2.75, 3.05) is 16.8 Å². The highest BCUT2D eigenvalue weighted by atomic mass is 35.5. The van der Waals surface area contributed by atoms with Gasteiger partial charge in [0.2, 0.25) is 0 Å². The molecule has 0 aromatic heterocycles. The Bertz CT molecular complexity index is 1370. The van der Waals surface area contributed by atoms with Gasteiger partial charge in [0.05, 0.1) is 5.69 Å². The van der Waals surface area contributed by atoms with Gasteiger partial charge < -0.3 is 10.2 Å². The number of halogens is 1. The largest absolute Gasteiger partial charge is 0.367 e. The van der Waals surface area contributed by atoms with Crippen molar-refractivity contribution in [1.82, 2.24) is 0 Å². The number of amides is 1. The number of ketones is 1. The fraction of sp³-hybridized carbons (Fsp3) is 0.133. The first-order valence-corrected chi connectivity index (χ1v) is 12.1. The number of aryl methyl sites for hydroxylation is 1. The van der Waals surface area contributed by atoms with Gasteiger partial charge in [-0.3, -0.25) is 9.59 Å². The fourth-order valence-corrected chi connectivity index (χ4v) is 4.68. The van der Waals surface area contributed by atoms with Crippen molar-refractivity contribution in [3.63, 3.8) is 0 Å². The topological polar surface area (TPSA) is 49.4 Å². The van der Waals surface area contributed by atoms with Crippen LogP contribution in [0.4, 0.5) is 11.4 Å². The average Bonchev–Trinajstić information content (AvgIpc) is 2.90. The van der Waals surface area contributed by atoms with E-state index in [0.29, 0.717) is 27.4 Å². The molecule has 1 amide bonds. The van der Waals surface area contributed by atoms with Gasteiger partial charge in [0, 0.05) is 40.5 Å². The number of para-hydroxylation sites is 1. The van der Waals surface area contributed by atoms with Crippen molar-refractivity contribution in [3.05, 3.63) is 130 Å². The Kier molecular flexibility index (Phi) is 6.64. The van der Waals surface area contributed by atoms with E-state index in [1.807, 2.05) is 30.3 Å². The van der Waals surface area contributed by atoms with Crippen LogP contribution in [0.1, 0.15) is 43.8 Å². The summed E-state index contributed by atoms with van der Waals surface area (Å²) < 4.78 is 0. The maximum atomic E-state index is 13.0. The maximum Gasteiger partial charge on any atom is 0.255 e. The quantitative estimate of drug-likeness (QED) is 0.309. The van der Waals surface area contributed by atoms with Crippen molar-refractivity contribution in [3.8, 4) is 0 Å². The molecule has 4 aromatic rings. The molecule has 4 nitrogen and oxygen atoms in total. The molecule has 1 aliphatic heterocycles. The normalized spacial score (nSPS) is 12.7. The molecule has 0 saturated carbocycles. The molecule has 35 heavy (non-hydrogen) atoms. The number of hydrogen-bond donors (Lipinski definition) is 1. The summed E-state index contributed by atoms with van der Waals surface area (Å²) in [7, 11) is 0. The van der Waals surface area contributed by atoms with E-state index in [-0.39, 0.29) is 11.7 Å². The second-order valence-corrected chi connectivity index (χ2v) is 9.13. The molecule has 174 valence electrons. The van der Waals surface area contributed by atoms with E-state index in [4.69, 9.17) is 11.6 Å². The van der Waals surface area contributed by atoms with Crippen molar-refractivity contribution >= 4 is 34.7 Å². The van der Waals surface area contributed by atoms with Gasteiger partial charge in [0.1, 0.15) is 0 Å². The van der Waals surface area contributed by atoms with Crippen LogP contribution in [0, 0.1) is 0 Å². The summed E-state index contributed by atoms with van der Waals surface area (Å²) in [5, 5.41) is 3.33. The van der Waals surface area contributed by atoms with Gasteiger partial charge in [0.25, 0.3) is 5.91 Å². The van der Waals surface area contributed by atoms with Crippen LogP contribution in [0.15, 0.2) is 97.1 Å². The highest BCUT2D eigenvalue weighted by Gasteiger charge is 2.18. The van der Waals surface area contributed by atoms with Crippen LogP contribution in [-0.2, 0) is 13.0 Å². The predicted octanol–water partition coefficient (Wildman–Crippen LogP) is 6.78. The molecule has 0 fully saturated rings. The van der Waals surface area contributed by atoms with Gasteiger partial charge in [-0.2, -0.15) is 0 Å². The summed E-state index contributed by atoms with van der Waals surface area (Å²) in [6, 6.07) is 30.1. The van der Waals surface area contributed by atoms with Crippen molar-refractivity contribution in [2.45, 2.75) is 19.4 Å². The summed E-state index contributed by atoms with van der Waals surface area (Å²) in [6.45, 7) is 1.82. The Morgan fingerprint density at radius 3 is 2.37 bits per heavy atom. The van der Waals surface area contributed by atoms with Gasteiger partial charge in [-0.1, -0.05) is 72.3 Å². The van der Waals surface area contributed by atoms with Gasteiger partial charge >= 0.3 is 0 Å². The first kappa shape index (κ1) is 22.9. The van der Waals surface area contributed by atoms with E-state index in [1.54, 1.807) is 42.5 Å². The Balaban J connectivity index is 1.31. The molecule has 0 bridgehead atoms. The highest BCUT2D eigenvalue weighted by molar-refractivity contribution is 6.31. The van der Waals surface area contributed by atoms with Crippen LogP contribution in [0.5, 0.6) is 0 Å². The summed E-state index contributed by atoms with van der Waals surface area (Å²) in [5.41, 5.74) is 5.68. The number of benzene rings is 4. The Morgan fingerprint density at radius 2 is 1.57 bits per heavy atom. The van der Waals surface area contributed by atoms with Crippen LogP contribution in [0.3, 0.4) is 0 Å². The van der Waals surface area contributed by atoms with Crippen molar-refractivity contribution in [2.24, 2.45) is 0 Å². The Morgan fingerprint density at radius 1 is 0.829 bits per heavy atom. The molecular formula is C30H25ClN2O2. The fourth-order valence-electron chi connectivity index (χ4n) is 4.51. The second kappa shape index (κ2) is 10.2. The number of hydrogen-bond acceptors (Lipinski definition) is 3. The smallest absolute Gasteiger partial charge is 0.255 e. The molecule has 5 rings (SSSR count). The second-order valence-electron chi connectivity index (χ2n) is 8.69. The summed E-state index contributed by atoms with van der Waals surface area (Å²) in [5.74, 6) is -0.468. The first-order chi connectivity index (χ1) is 17.1. The van der Waals surface area contributed by atoms with Gasteiger partial charge in [-0.05, 0) is 60.4 Å². The summed E-state index contributed by atoms with van der Waals surface area (Å²) >= 11 is 6.16. The zero-order valence-electron chi connectivity index (χ0n) is 19.2. The van der Waals surface area contributed by atoms with Gasteiger partial charge in [-0.25, -0.2) is 0 Å². The van der Waals surface area contributed by atoms with Gasteiger partial charge in [0.15, 0.2) is 5.78 Å². The van der Waals surface area contributed by atoms with E-state index >= 15 is 0 Å². The van der Waals surface area contributed by atoms with E-state index in [9.17, 15) is 9.59 Å². The third-order valence-electron chi connectivity index (χ3n) is 6.31. The molecule has 0 saturated heterocycles. The zero-order valence-corrected chi connectivity index (χ0v) is 20.0. The number of nitrogens with one attached hydrogen (secondary N) is 1. The lowest BCUT2D eigenvalue weighted by atomic mass is 10.0. The molecule has 5 heteroatoms. The van der Waals surface area contributed by atoms with Gasteiger partial charge in [-0.15, -0.1) is 0 Å². The lowest BCUT2D eigenvalue weighted by Crippen LogP contribution is -2.28. The standard InChI is InChI=1S/C30H25ClN2O2/c31-25-16-17-27(26(19-25)29(34)23-8-2-1-3-9-23)32-30(35)24-14-12-21(13-15-24)20-33-18-6-10-22-7-4-5-11-28(22)33/h1-5,7-9,11-17,19H,6,10,18,20H2,(H,32,35). The van der Waals surface area contributed by atoms with Crippen LogP contribution in [0.25, 0.3) is 0 Å². The number of anilines is 2. The molecule has 1 N–H and O–H groups in total. The molecule has 0 aliphatic carbocycles. The molecule has 0 atom stereocenters. The number of rotatable bonds is 6. The third-order valence-corrected chi connectivity index (χ3v) is 6.54. The highest BCUT2D eigenvalue weighted by Crippen LogP contribution is 2.28. The van der Waals surface area contributed by atoms with Crippen LogP contribution in [0.2, 0.25) is 5.02 Å². The molecular weight excluding hydrogens is 456 g/mol. The van der Waals surface area contributed by atoms with E-state index in [0.717, 1.165) is 31.5 Å². The Labute approximate surface area is 210 Å². The average molecular weight is 481 g/mol. The predicted molar refractivity (Wildman–Crippen MR) is 142 cm³/mol. The minimum atomic E-state index is -0.274. The van der Waals surface area contributed by atoms with Crippen LogP contribution in [-0.4, -0.2) is 18.2 Å². The molecule has 0 radical (unpaired) electrons. The van der Waals surface area contributed by atoms with E-state index in [1.165, 1.54) is 11.3 Å². The SMILES string of the molecule is O=C(Nc1ccc(Cl)cc1C(=O)c1ccccc1)c1ccc(CN2CCCc3ccccc32)cc1. The van der Waals surface area contributed by atoms with Crippen LogP contribution >= 0.6 is 11.6 Å². The minimum Gasteiger partial charge on any atom is -0.367 e. The molecule has 0 unspecified atom stereocenters. The lowest BCUT2D eigenvalue weighted by molar-refractivity contribution is 0.102. The zero-order chi connectivity index (χ0) is 24.2. The molecule has 0 spiro atoms. The van der Waals surface area contributed by atoms with Crippen LogP contribution < -0.4 is 10.2 Å². The lowest BCUT2D eigenvalue weighted by Gasteiger charge is -2.31. The van der Waals surface area contributed by atoms with Crippen molar-refractivity contribution < 1.29 is 9.59 Å². The summed E-state index contributed by atoms with van der Waals surface area (Å²) in [6.07, 6.45) is 2.26. The van der Waals surface area contributed by atoms with E-state index in [2.05, 4.69) is 34.5 Å². The first-order valence-electron chi connectivity index (χ1n) is 11.7. The monoisotopic (exact) mass is 480 g/mol. The maximum absolute atomic E-state index is 13.0. The number of carbonyl (C=O) groups is 2. The summed E-state index contributed by atoms with van der Waals surface area (Å²) in [4.78, 5) is 28.4. The number of nitrogens with zero attached hydrogens (tertiary/aromatic N) is 1. The van der Waals surface area contributed by atoms with E-state index < -0.39 is 0 Å². The minimum absolute atomic E-state index is 0.194. The number of fused-ring (bicyclic) bond motifs is 1. The third kappa shape index (κ3) is 5.13. The molecule has 4 aromatic carbocycles. The number of carbonyl (C=O) groups excluding carboxylic acids is 2. The molecule has 1 heterocycles. The molecule has 1 aliphatic rings. The Hall–Kier alpha value is -3.89.